The summed E-state index contributed by atoms with van der Waals surface area (Å²) in [5.41, 5.74) is -0.286. The number of nitro benzene ring substituents is 1. The highest BCUT2D eigenvalue weighted by molar-refractivity contribution is 5.96. The number of benzene rings is 2. The largest absolute Gasteiger partial charge is 0.416 e. The highest BCUT2D eigenvalue weighted by Crippen LogP contribution is 2.29. The Morgan fingerprint density at radius 3 is 2.38 bits per heavy atom. The zero-order valence-corrected chi connectivity index (χ0v) is 17.0. The van der Waals surface area contributed by atoms with Crippen molar-refractivity contribution in [1.82, 2.24) is 15.1 Å². The van der Waals surface area contributed by atoms with Crippen molar-refractivity contribution in [1.29, 1.82) is 0 Å². The van der Waals surface area contributed by atoms with Crippen LogP contribution in [0, 0.1) is 10.1 Å². The van der Waals surface area contributed by atoms with Gasteiger partial charge in [-0.1, -0.05) is 24.3 Å². The highest BCUT2D eigenvalue weighted by atomic mass is 19.4. The van der Waals surface area contributed by atoms with Gasteiger partial charge in [0.05, 0.1) is 17.0 Å². The van der Waals surface area contributed by atoms with Crippen molar-refractivity contribution in [3.05, 3.63) is 75.3 Å². The zero-order valence-electron chi connectivity index (χ0n) is 17.0. The van der Waals surface area contributed by atoms with Crippen molar-refractivity contribution in [3.8, 4) is 0 Å². The van der Waals surface area contributed by atoms with Crippen LogP contribution in [0.5, 0.6) is 0 Å². The number of hydrogen-bond donors (Lipinski definition) is 1. The summed E-state index contributed by atoms with van der Waals surface area (Å²) in [5.74, 6) is -0.896. The number of hydrogen-bond acceptors (Lipinski definition) is 5. The van der Waals surface area contributed by atoms with Gasteiger partial charge in [0.25, 0.3) is 11.6 Å². The van der Waals surface area contributed by atoms with Gasteiger partial charge in [0.2, 0.25) is 5.91 Å². The molecule has 0 aromatic heterocycles. The molecule has 3 rings (SSSR count). The molecule has 2 aromatic rings. The second-order valence-corrected chi connectivity index (χ2v) is 7.35. The maximum Gasteiger partial charge on any atom is 0.416 e. The first-order valence-electron chi connectivity index (χ1n) is 9.82. The second-order valence-electron chi connectivity index (χ2n) is 7.35. The van der Waals surface area contributed by atoms with Crippen LogP contribution in [0.2, 0.25) is 0 Å². The molecule has 2 aromatic carbocycles. The molecule has 0 spiro atoms. The molecule has 1 aliphatic rings. The Labute approximate surface area is 181 Å². The fraction of sp³-hybridized carbons (Fsp3) is 0.333. The van der Waals surface area contributed by atoms with Crippen LogP contribution in [0.15, 0.2) is 48.5 Å². The number of nitrogens with zero attached hydrogens (tertiary/aromatic N) is 3. The summed E-state index contributed by atoms with van der Waals surface area (Å²) in [5, 5.41) is 13.3. The van der Waals surface area contributed by atoms with E-state index in [1.54, 1.807) is 11.0 Å². The summed E-state index contributed by atoms with van der Waals surface area (Å²) in [6, 6.07) is 10.4. The topological polar surface area (TPSA) is 95.8 Å². The Morgan fingerprint density at radius 1 is 1.03 bits per heavy atom. The van der Waals surface area contributed by atoms with Crippen molar-refractivity contribution >= 4 is 17.5 Å². The van der Waals surface area contributed by atoms with Gasteiger partial charge in [-0.25, -0.2) is 0 Å². The second kappa shape index (κ2) is 9.77. The lowest BCUT2D eigenvalue weighted by molar-refractivity contribution is -0.384. The first-order valence-corrected chi connectivity index (χ1v) is 9.82. The van der Waals surface area contributed by atoms with E-state index in [1.165, 1.54) is 24.3 Å². The number of nitrogens with one attached hydrogen (secondary N) is 1. The SMILES string of the molecule is O=C(NCC(=O)N1CCN(Cc2cccc(C(F)(F)F)c2)CC1)c1cccc([N+](=O)[O-])c1. The maximum absolute atomic E-state index is 12.9. The summed E-state index contributed by atoms with van der Waals surface area (Å²) in [4.78, 5) is 38.3. The van der Waals surface area contributed by atoms with Gasteiger partial charge in [-0.2, -0.15) is 13.2 Å². The van der Waals surface area contributed by atoms with Crippen LogP contribution in [-0.2, 0) is 17.5 Å². The van der Waals surface area contributed by atoms with Crippen LogP contribution in [-0.4, -0.2) is 59.3 Å². The number of piperazine rings is 1. The highest BCUT2D eigenvalue weighted by Gasteiger charge is 2.30. The third kappa shape index (κ3) is 6.03. The van der Waals surface area contributed by atoms with Crippen molar-refractivity contribution in [2.45, 2.75) is 12.7 Å². The van der Waals surface area contributed by atoms with E-state index in [1.807, 2.05) is 4.90 Å². The van der Waals surface area contributed by atoms with Gasteiger partial charge in [0.15, 0.2) is 0 Å². The van der Waals surface area contributed by atoms with Crippen LogP contribution in [0.25, 0.3) is 0 Å². The number of rotatable bonds is 6. The molecule has 1 N–H and O–H groups in total. The van der Waals surface area contributed by atoms with E-state index >= 15 is 0 Å². The molecule has 0 aliphatic carbocycles. The summed E-state index contributed by atoms with van der Waals surface area (Å²) in [7, 11) is 0. The Bertz CT molecular complexity index is 1000. The van der Waals surface area contributed by atoms with E-state index in [-0.39, 0.29) is 23.7 Å². The van der Waals surface area contributed by atoms with E-state index in [2.05, 4.69) is 5.32 Å². The lowest BCUT2D eigenvalue weighted by Gasteiger charge is -2.34. The third-order valence-corrected chi connectivity index (χ3v) is 5.10. The first kappa shape index (κ1) is 23.2. The summed E-state index contributed by atoms with van der Waals surface area (Å²) in [6.45, 7) is 1.82. The predicted octanol–water partition coefficient (Wildman–Crippen LogP) is 2.69. The maximum atomic E-state index is 12.9. The van der Waals surface area contributed by atoms with Crippen LogP contribution in [0.4, 0.5) is 18.9 Å². The van der Waals surface area contributed by atoms with E-state index in [4.69, 9.17) is 0 Å². The Hall–Kier alpha value is -3.47. The van der Waals surface area contributed by atoms with Crippen LogP contribution >= 0.6 is 0 Å². The molecule has 1 fully saturated rings. The Morgan fingerprint density at radius 2 is 1.72 bits per heavy atom. The van der Waals surface area contributed by atoms with E-state index in [0.717, 1.165) is 18.2 Å². The molecule has 0 unspecified atom stereocenters. The number of alkyl halides is 3. The van der Waals surface area contributed by atoms with E-state index in [9.17, 15) is 32.9 Å². The number of carbonyl (C=O) groups is 2. The van der Waals surface area contributed by atoms with Gasteiger partial charge < -0.3 is 10.2 Å². The summed E-state index contributed by atoms with van der Waals surface area (Å²) >= 11 is 0. The van der Waals surface area contributed by atoms with Crippen molar-refractivity contribution in [3.63, 3.8) is 0 Å². The minimum Gasteiger partial charge on any atom is -0.343 e. The van der Waals surface area contributed by atoms with Gasteiger partial charge in [-0.05, 0) is 17.7 Å². The number of nitro groups is 1. The van der Waals surface area contributed by atoms with Crippen molar-refractivity contribution in [2.24, 2.45) is 0 Å². The normalized spacial score (nSPS) is 14.8. The molecule has 0 radical (unpaired) electrons. The lowest BCUT2D eigenvalue weighted by Crippen LogP contribution is -2.50. The molecule has 11 heteroatoms. The summed E-state index contributed by atoms with van der Waals surface area (Å²) in [6.07, 6.45) is -4.39. The quantitative estimate of drug-likeness (QED) is 0.539. The molecule has 8 nitrogen and oxygen atoms in total. The first-order chi connectivity index (χ1) is 15.1. The van der Waals surface area contributed by atoms with Crippen LogP contribution in [0.3, 0.4) is 0 Å². The molecule has 2 amide bonds. The average Bonchev–Trinajstić information content (AvgIpc) is 2.77. The number of halogens is 3. The van der Waals surface area contributed by atoms with E-state index in [0.29, 0.717) is 38.3 Å². The van der Waals surface area contributed by atoms with Crippen LogP contribution in [0.1, 0.15) is 21.5 Å². The molecule has 1 aliphatic heterocycles. The third-order valence-electron chi connectivity index (χ3n) is 5.10. The summed E-state index contributed by atoms with van der Waals surface area (Å²) < 4.78 is 38.6. The molecule has 1 saturated heterocycles. The molecule has 0 atom stereocenters. The molecule has 0 bridgehead atoms. The lowest BCUT2D eigenvalue weighted by atomic mass is 10.1. The predicted molar refractivity (Wildman–Crippen MR) is 109 cm³/mol. The monoisotopic (exact) mass is 450 g/mol. The minimum atomic E-state index is -4.39. The molecule has 0 saturated carbocycles. The molecule has 1 heterocycles. The zero-order chi connectivity index (χ0) is 23.3. The fourth-order valence-corrected chi connectivity index (χ4v) is 3.39. The van der Waals surface area contributed by atoms with Gasteiger partial charge in [-0.15, -0.1) is 0 Å². The molecular weight excluding hydrogens is 429 g/mol. The van der Waals surface area contributed by atoms with E-state index < -0.39 is 22.6 Å². The Kier molecular flexibility index (Phi) is 7.08. The Balaban J connectivity index is 1.47. The average molecular weight is 450 g/mol. The molecular formula is C21H21F3N4O4. The number of non-ortho nitro benzene ring substituents is 1. The van der Waals surface area contributed by atoms with Gasteiger partial charge in [0.1, 0.15) is 0 Å². The van der Waals surface area contributed by atoms with Gasteiger partial charge >= 0.3 is 6.18 Å². The molecule has 32 heavy (non-hydrogen) atoms. The van der Waals surface area contributed by atoms with Crippen LogP contribution < -0.4 is 5.32 Å². The number of amides is 2. The smallest absolute Gasteiger partial charge is 0.343 e. The minimum absolute atomic E-state index is 0.0814. The fourth-order valence-electron chi connectivity index (χ4n) is 3.39. The standard InChI is InChI=1S/C21H21F3N4O4/c22-21(23,24)17-5-1-3-15(11-17)14-26-7-9-27(10-8-26)19(29)13-25-20(30)16-4-2-6-18(12-16)28(31)32/h1-6,11-12H,7-10,13-14H2,(H,25,30). The number of carbonyl (C=O) groups excluding carboxylic acids is 2. The van der Waals surface area contributed by atoms with Gasteiger partial charge in [0, 0.05) is 50.4 Å². The van der Waals surface area contributed by atoms with Gasteiger partial charge in [-0.3, -0.25) is 24.6 Å². The van der Waals surface area contributed by atoms with Crippen molar-refractivity contribution < 1.29 is 27.7 Å². The molecule has 170 valence electrons. The van der Waals surface area contributed by atoms with Crippen molar-refractivity contribution in [2.75, 3.05) is 32.7 Å².